The highest BCUT2D eigenvalue weighted by atomic mass is 19.1. The SMILES string of the molecule is CC1(C)CCCCC1(Nc1ccc(F)cc1)C(N)=O. The monoisotopic (exact) mass is 264 g/mol. The number of benzene rings is 1. The van der Waals surface area contributed by atoms with E-state index in [1.165, 1.54) is 12.1 Å². The van der Waals surface area contributed by atoms with Gasteiger partial charge in [0.2, 0.25) is 5.91 Å². The van der Waals surface area contributed by atoms with E-state index in [9.17, 15) is 9.18 Å². The zero-order chi connectivity index (χ0) is 14.1. The first-order valence-electron chi connectivity index (χ1n) is 6.71. The molecule has 0 saturated heterocycles. The Hall–Kier alpha value is -1.58. The highest BCUT2D eigenvalue weighted by molar-refractivity contribution is 5.89. The first-order chi connectivity index (χ1) is 8.87. The number of hydrogen-bond donors (Lipinski definition) is 2. The second-order valence-corrected chi connectivity index (χ2v) is 5.99. The van der Waals surface area contributed by atoms with Crippen molar-refractivity contribution in [1.82, 2.24) is 0 Å². The van der Waals surface area contributed by atoms with Crippen molar-refractivity contribution in [2.75, 3.05) is 5.32 Å². The predicted molar refractivity (Wildman–Crippen MR) is 74.2 cm³/mol. The number of nitrogens with one attached hydrogen (secondary N) is 1. The van der Waals surface area contributed by atoms with Crippen molar-refractivity contribution >= 4 is 11.6 Å². The molecule has 1 aliphatic rings. The average molecular weight is 264 g/mol. The Morgan fingerprint density at radius 1 is 1.21 bits per heavy atom. The molecular weight excluding hydrogens is 243 g/mol. The number of carbonyl (C=O) groups is 1. The third-order valence-corrected chi connectivity index (χ3v) is 4.38. The molecule has 2 rings (SSSR count). The molecule has 0 radical (unpaired) electrons. The molecule has 1 fully saturated rings. The molecule has 0 heterocycles. The molecule has 0 aliphatic heterocycles. The van der Waals surface area contributed by atoms with E-state index in [1.807, 2.05) is 0 Å². The summed E-state index contributed by atoms with van der Waals surface area (Å²) in [5, 5.41) is 3.27. The summed E-state index contributed by atoms with van der Waals surface area (Å²) < 4.78 is 13.0. The van der Waals surface area contributed by atoms with Crippen LogP contribution in [0.1, 0.15) is 39.5 Å². The van der Waals surface area contributed by atoms with Gasteiger partial charge in [0.05, 0.1) is 0 Å². The number of halogens is 1. The predicted octanol–water partition coefficient (Wildman–Crippen LogP) is 3.06. The number of amides is 1. The zero-order valence-electron chi connectivity index (χ0n) is 11.5. The van der Waals surface area contributed by atoms with Crippen molar-refractivity contribution in [2.24, 2.45) is 11.1 Å². The molecule has 1 atom stereocenters. The van der Waals surface area contributed by atoms with Gasteiger partial charge in [-0.1, -0.05) is 26.7 Å². The standard InChI is InChI=1S/C15H21FN2O/c1-14(2)9-3-4-10-15(14,13(17)19)18-12-7-5-11(16)6-8-12/h5-8,18H,3-4,9-10H2,1-2H3,(H2,17,19). The van der Waals surface area contributed by atoms with E-state index in [4.69, 9.17) is 5.73 Å². The summed E-state index contributed by atoms with van der Waals surface area (Å²) in [6, 6.07) is 6.05. The van der Waals surface area contributed by atoms with Crippen molar-refractivity contribution in [3.63, 3.8) is 0 Å². The van der Waals surface area contributed by atoms with Gasteiger partial charge in [0.15, 0.2) is 0 Å². The van der Waals surface area contributed by atoms with Crippen LogP contribution in [0.2, 0.25) is 0 Å². The van der Waals surface area contributed by atoms with Crippen LogP contribution in [0.25, 0.3) is 0 Å². The molecule has 0 spiro atoms. The van der Waals surface area contributed by atoms with Gasteiger partial charge in [-0.3, -0.25) is 4.79 Å². The summed E-state index contributed by atoms with van der Waals surface area (Å²) in [4.78, 5) is 12.0. The number of rotatable bonds is 3. The molecule has 1 aromatic carbocycles. The molecule has 19 heavy (non-hydrogen) atoms. The highest BCUT2D eigenvalue weighted by Gasteiger charge is 2.51. The summed E-state index contributed by atoms with van der Waals surface area (Å²) in [5.74, 6) is -0.622. The second-order valence-electron chi connectivity index (χ2n) is 5.99. The maximum Gasteiger partial charge on any atom is 0.243 e. The van der Waals surface area contributed by atoms with E-state index in [1.54, 1.807) is 12.1 Å². The summed E-state index contributed by atoms with van der Waals surface area (Å²) in [6.45, 7) is 4.13. The van der Waals surface area contributed by atoms with Gasteiger partial charge in [-0.05, 0) is 42.5 Å². The largest absolute Gasteiger partial charge is 0.371 e. The molecule has 1 saturated carbocycles. The van der Waals surface area contributed by atoms with Gasteiger partial charge in [0.1, 0.15) is 11.4 Å². The second kappa shape index (κ2) is 4.83. The molecule has 1 unspecified atom stereocenters. The van der Waals surface area contributed by atoms with Crippen LogP contribution in [0.5, 0.6) is 0 Å². The molecule has 0 bridgehead atoms. The lowest BCUT2D eigenvalue weighted by molar-refractivity contribution is -0.127. The average Bonchev–Trinajstić information content (AvgIpc) is 2.34. The fraction of sp³-hybridized carbons (Fsp3) is 0.533. The molecule has 1 aromatic rings. The van der Waals surface area contributed by atoms with Gasteiger partial charge < -0.3 is 11.1 Å². The van der Waals surface area contributed by atoms with Gasteiger partial charge in [0, 0.05) is 5.69 Å². The minimum atomic E-state index is -0.761. The number of nitrogens with two attached hydrogens (primary N) is 1. The smallest absolute Gasteiger partial charge is 0.243 e. The van der Waals surface area contributed by atoms with E-state index >= 15 is 0 Å². The Balaban J connectivity index is 2.34. The number of anilines is 1. The maximum absolute atomic E-state index is 13.0. The van der Waals surface area contributed by atoms with Crippen molar-refractivity contribution < 1.29 is 9.18 Å². The first-order valence-corrected chi connectivity index (χ1v) is 6.71. The van der Waals surface area contributed by atoms with Gasteiger partial charge >= 0.3 is 0 Å². The van der Waals surface area contributed by atoms with E-state index in [-0.39, 0.29) is 17.1 Å². The lowest BCUT2D eigenvalue weighted by Gasteiger charge is -2.49. The fourth-order valence-corrected chi connectivity index (χ4v) is 3.04. The van der Waals surface area contributed by atoms with Crippen LogP contribution in [0.4, 0.5) is 10.1 Å². The van der Waals surface area contributed by atoms with Crippen LogP contribution in [-0.2, 0) is 4.79 Å². The number of carbonyl (C=O) groups excluding carboxylic acids is 1. The Labute approximate surface area is 113 Å². The molecule has 1 amide bonds. The van der Waals surface area contributed by atoms with Crippen LogP contribution in [0.15, 0.2) is 24.3 Å². The molecule has 3 N–H and O–H groups in total. The first kappa shape index (κ1) is 13.8. The van der Waals surface area contributed by atoms with E-state index in [0.717, 1.165) is 24.9 Å². The molecule has 4 heteroatoms. The van der Waals surface area contributed by atoms with Gasteiger partial charge in [-0.15, -0.1) is 0 Å². The summed E-state index contributed by atoms with van der Waals surface area (Å²) >= 11 is 0. The summed E-state index contributed by atoms with van der Waals surface area (Å²) in [6.07, 6.45) is 3.74. The van der Waals surface area contributed by atoms with Crippen LogP contribution in [-0.4, -0.2) is 11.4 Å². The maximum atomic E-state index is 13.0. The van der Waals surface area contributed by atoms with Crippen LogP contribution in [0, 0.1) is 11.2 Å². The van der Waals surface area contributed by atoms with Gasteiger partial charge in [0.25, 0.3) is 0 Å². The van der Waals surface area contributed by atoms with Crippen LogP contribution >= 0.6 is 0 Å². The zero-order valence-corrected chi connectivity index (χ0v) is 11.5. The normalized spacial score (nSPS) is 25.8. The Bertz CT molecular complexity index is 470. The molecular formula is C15H21FN2O. The van der Waals surface area contributed by atoms with Gasteiger partial charge in [-0.2, -0.15) is 0 Å². The molecule has 3 nitrogen and oxygen atoms in total. The van der Waals surface area contributed by atoms with Crippen LogP contribution in [0.3, 0.4) is 0 Å². The summed E-state index contributed by atoms with van der Waals surface area (Å²) in [5.41, 5.74) is 5.43. The Morgan fingerprint density at radius 3 is 2.32 bits per heavy atom. The van der Waals surface area contributed by atoms with Crippen molar-refractivity contribution in [1.29, 1.82) is 0 Å². The van der Waals surface area contributed by atoms with Crippen molar-refractivity contribution in [3.05, 3.63) is 30.1 Å². The van der Waals surface area contributed by atoms with Crippen LogP contribution < -0.4 is 11.1 Å². The van der Waals surface area contributed by atoms with E-state index in [0.29, 0.717) is 6.42 Å². The number of primary amides is 1. The lowest BCUT2D eigenvalue weighted by Crippen LogP contribution is -2.61. The molecule has 1 aliphatic carbocycles. The fourth-order valence-electron chi connectivity index (χ4n) is 3.04. The molecule has 104 valence electrons. The summed E-state index contributed by atoms with van der Waals surface area (Å²) in [7, 11) is 0. The third kappa shape index (κ3) is 2.44. The topological polar surface area (TPSA) is 55.1 Å². The Morgan fingerprint density at radius 2 is 1.79 bits per heavy atom. The van der Waals surface area contributed by atoms with Gasteiger partial charge in [-0.25, -0.2) is 4.39 Å². The van der Waals surface area contributed by atoms with E-state index < -0.39 is 5.54 Å². The Kier molecular flexibility index (Phi) is 3.52. The quantitative estimate of drug-likeness (QED) is 0.881. The van der Waals surface area contributed by atoms with Crippen molar-refractivity contribution in [3.8, 4) is 0 Å². The van der Waals surface area contributed by atoms with E-state index in [2.05, 4.69) is 19.2 Å². The highest BCUT2D eigenvalue weighted by Crippen LogP contribution is 2.45. The minimum Gasteiger partial charge on any atom is -0.371 e. The molecule has 0 aromatic heterocycles. The number of hydrogen-bond acceptors (Lipinski definition) is 2. The minimum absolute atomic E-state index is 0.217. The third-order valence-electron chi connectivity index (χ3n) is 4.38. The van der Waals surface area contributed by atoms with Crippen molar-refractivity contribution in [2.45, 2.75) is 45.1 Å². The lowest BCUT2D eigenvalue weighted by atomic mass is 9.62.